The van der Waals surface area contributed by atoms with Gasteiger partial charge in [0.25, 0.3) is 0 Å². The summed E-state index contributed by atoms with van der Waals surface area (Å²) in [6.45, 7) is 2.22. The zero-order valence-corrected chi connectivity index (χ0v) is 16.8. The van der Waals surface area contributed by atoms with Crippen molar-refractivity contribution < 1.29 is 4.42 Å². The van der Waals surface area contributed by atoms with E-state index in [1.165, 1.54) is 48.9 Å². The summed E-state index contributed by atoms with van der Waals surface area (Å²) in [5, 5.41) is 0. The number of hydrogen-bond donors (Lipinski definition) is 0. The lowest BCUT2D eigenvalue weighted by Gasteiger charge is -2.28. The van der Waals surface area contributed by atoms with Crippen LogP contribution in [0.3, 0.4) is 0 Å². The van der Waals surface area contributed by atoms with Crippen LogP contribution in [0.5, 0.6) is 0 Å². The summed E-state index contributed by atoms with van der Waals surface area (Å²) in [6, 6.07) is 11.2. The smallest absolute Gasteiger partial charge is 0.158 e. The molecule has 5 rings (SSSR count). The van der Waals surface area contributed by atoms with Gasteiger partial charge in [-0.1, -0.05) is 30.3 Å². The fraction of sp³-hybridized carbons (Fsp3) is 0.360. The van der Waals surface area contributed by atoms with Crippen LogP contribution in [-0.4, -0.2) is 23.1 Å². The van der Waals surface area contributed by atoms with Crippen molar-refractivity contribution in [3.05, 3.63) is 72.0 Å². The van der Waals surface area contributed by atoms with Crippen LogP contribution in [0.4, 0.5) is 5.69 Å². The van der Waals surface area contributed by atoms with Crippen molar-refractivity contribution in [1.82, 2.24) is 9.97 Å². The summed E-state index contributed by atoms with van der Waals surface area (Å²) < 4.78 is 6.35. The van der Waals surface area contributed by atoms with Crippen LogP contribution < -0.4 is 4.90 Å². The van der Waals surface area contributed by atoms with Crippen LogP contribution in [0.1, 0.15) is 54.9 Å². The van der Waals surface area contributed by atoms with Gasteiger partial charge in [0.15, 0.2) is 5.76 Å². The molecule has 0 atom stereocenters. The molecule has 1 aromatic carbocycles. The maximum atomic E-state index is 6.35. The summed E-state index contributed by atoms with van der Waals surface area (Å²) in [5.74, 6) is 2.68. The third-order valence-corrected chi connectivity index (χ3v) is 5.90. The van der Waals surface area contributed by atoms with E-state index >= 15 is 0 Å². The van der Waals surface area contributed by atoms with E-state index < -0.39 is 0 Å². The average molecular weight is 386 g/mol. The SMILES string of the molecule is C(=C\c1cc(N2CCCCC2)c(-c2ccc(C3CC3)cc2)o1)/Cc1cncnc1. The van der Waals surface area contributed by atoms with E-state index in [0.717, 1.165) is 42.5 Å². The zero-order valence-electron chi connectivity index (χ0n) is 16.8. The first-order valence-electron chi connectivity index (χ1n) is 10.8. The monoisotopic (exact) mass is 385 g/mol. The molecule has 4 nitrogen and oxygen atoms in total. The van der Waals surface area contributed by atoms with E-state index in [4.69, 9.17) is 4.42 Å². The lowest BCUT2D eigenvalue weighted by molar-refractivity contribution is 0.558. The molecule has 1 saturated heterocycles. The van der Waals surface area contributed by atoms with Gasteiger partial charge in [-0.3, -0.25) is 0 Å². The number of benzene rings is 1. The maximum absolute atomic E-state index is 6.35. The molecule has 2 aliphatic rings. The second-order valence-corrected chi connectivity index (χ2v) is 8.16. The lowest BCUT2D eigenvalue weighted by atomic mass is 10.0. The molecule has 2 fully saturated rings. The summed E-state index contributed by atoms with van der Waals surface area (Å²) in [7, 11) is 0. The fourth-order valence-corrected chi connectivity index (χ4v) is 4.13. The standard InChI is InChI=1S/C25H27N3O/c1-2-13-28(14-3-1)24-15-23(6-4-5-19-16-26-18-27-17-19)29-25(24)22-11-9-21(10-12-22)20-7-8-20/h4,6,9-12,15-18,20H,1-3,5,7-8,13-14H2/b6-4+. The van der Waals surface area contributed by atoms with Crippen LogP contribution >= 0.6 is 0 Å². The molecule has 2 aromatic heterocycles. The van der Waals surface area contributed by atoms with Crippen molar-refractivity contribution in [1.29, 1.82) is 0 Å². The first kappa shape index (κ1) is 18.2. The molecule has 4 heteroatoms. The van der Waals surface area contributed by atoms with Crippen molar-refractivity contribution in [3.8, 4) is 11.3 Å². The first-order valence-corrected chi connectivity index (χ1v) is 10.8. The van der Waals surface area contributed by atoms with E-state index in [0.29, 0.717) is 0 Å². The number of anilines is 1. The molecular weight excluding hydrogens is 358 g/mol. The van der Waals surface area contributed by atoms with Crippen LogP contribution in [0.25, 0.3) is 17.4 Å². The number of hydrogen-bond acceptors (Lipinski definition) is 4. The Morgan fingerprint density at radius 2 is 1.76 bits per heavy atom. The van der Waals surface area contributed by atoms with E-state index in [2.05, 4.69) is 57.4 Å². The molecule has 3 heterocycles. The zero-order chi connectivity index (χ0) is 19.5. The Labute approximate surface area is 172 Å². The van der Waals surface area contributed by atoms with Crippen LogP contribution in [0, 0.1) is 0 Å². The van der Waals surface area contributed by atoms with Crippen molar-refractivity contribution in [2.45, 2.75) is 44.4 Å². The highest BCUT2D eigenvalue weighted by Crippen LogP contribution is 2.42. The van der Waals surface area contributed by atoms with Crippen molar-refractivity contribution in [2.24, 2.45) is 0 Å². The lowest BCUT2D eigenvalue weighted by Crippen LogP contribution is -2.29. The van der Waals surface area contributed by atoms with Crippen molar-refractivity contribution in [3.63, 3.8) is 0 Å². The minimum Gasteiger partial charge on any atom is -0.454 e. The van der Waals surface area contributed by atoms with Gasteiger partial charge in [-0.05, 0) is 61.6 Å². The van der Waals surface area contributed by atoms with Crippen LogP contribution in [-0.2, 0) is 6.42 Å². The Hall–Kier alpha value is -2.88. The number of rotatable bonds is 6. The number of furan rings is 1. The highest BCUT2D eigenvalue weighted by atomic mass is 16.3. The van der Waals surface area contributed by atoms with Gasteiger partial charge in [-0.25, -0.2) is 9.97 Å². The van der Waals surface area contributed by atoms with E-state index in [1.54, 1.807) is 6.33 Å². The summed E-state index contributed by atoms with van der Waals surface area (Å²) >= 11 is 0. The summed E-state index contributed by atoms with van der Waals surface area (Å²) in [6.07, 6.45) is 16.8. The number of aromatic nitrogens is 2. The molecule has 0 amide bonds. The number of nitrogens with zero attached hydrogens (tertiary/aromatic N) is 3. The summed E-state index contributed by atoms with van der Waals surface area (Å²) in [5.41, 5.74) is 4.96. The molecule has 0 unspecified atom stereocenters. The highest BCUT2D eigenvalue weighted by Gasteiger charge is 2.24. The molecule has 0 bridgehead atoms. The molecule has 0 N–H and O–H groups in total. The molecule has 0 spiro atoms. The van der Waals surface area contributed by atoms with Crippen LogP contribution in [0.15, 0.2) is 59.5 Å². The molecule has 0 radical (unpaired) electrons. The van der Waals surface area contributed by atoms with E-state index in [-0.39, 0.29) is 0 Å². The van der Waals surface area contributed by atoms with Crippen molar-refractivity contribution in [2.75, 3.05) is 18.0 Å². The number of piperidine rings is 1. The predicted molar refractivity (Wildman–Crippen MR) is 117 cm³/mol. The van der Waals surface area contributed by atoms with Crippen LogP contribution in [0.2, 0.25) is 0 Å². The minimum absolute atomic E-state index is 0.780. The van der Waals surface area contributed by atoms with Gasteiger partial charge >= 0.3 is 0 Å². The Morgan fingerprint density at radius 1 is 1.00 bits per heavy atom. The largest absolute Gasteiger partial charge is 0.454 e. The Kier molecular flexibility index (Phi) is 5.16. The predicted octanol–water partition coefficient (Wildman–Crippen LogP) is 5.86. The molecule has 148 valence electrons. The Morgan fingerprint density at radius 3 is 2.48 bits per heavy atom. The normalized spacial score (nSPS) is 17.2. The van der Waals surface area contributed by atoms with E-state index in [9.17, 15) is 0 Å². The third-order valence-electron chi connectivity index (χ3n) is 5.90. The van der Waals surface area contributed by atoms with Gasteiger partial charge < -0.3 is 9.32 Å². The minimum atomic E-state index is 0.780. The van der Waals surface area contributed by atoms with Gasteiger partial charge in [0.2, 0.25) is 0 Å². The quantitative estimate of drug-likeness (QED) is 0.533. The van der Waals surface area contributed by atoms with Gasteiger partial charge in [0.1, 0.15) is 12.1 Å². The average Bonchev–Trinajstić information content (AvgIpc) is 3.55. The second-order valence-electron chi connectivity index (χ2n) is 8.16. The summed E-state index contributed by atoms with van der Waals surface area (Å²) in [4.78, 5) is 10.6. The topological polar surface area (TPSA) is 42.2 Å². The number of allylic oxidation sites excluding steroid dienone is 1. The highest BCUT2D eigenvalue weighted by molar-refractivity contribution is 5.76. The molecule has 1 saturated carbocycles. The first-order chi connectivity index (χ1) is 14.4. The second kappa shape index (κ2) is 8.24. The molecular formula is C25H27N3O. The molecule has 3 aromatic rings. The fourth-order valence-electron chi connectivity index (χ4n) is 4.13. The molecule has 1 aliphatic heterocycles. The van der Waals surface area contributed by atoms with Gasteiger partial charge in [0.05, 0.1) is 5.69 Å². The Bertz CT molecular complexity index is 965. The van der Waals surface area contributed by atoms with E-state index in [1.807, 2.05) is 12.4 Å². The maximum Gasteiger partial charge on any atom is 0.158 e. The third kappa shape index (κ3) is 4.26. The van der Waals surface area contributed by atoms with Gasteiger partial charge in [-0.2, -0.15) is 0 Å². The van der Waals surface area contributed by atoms with Gasteiger partial charge in [0, 0.05) is 37.1 Å². The molecule has 1 aliphatic carbocycles. The van der Waals surface area contributed by atoms with Crippen molar-refractivity contribution >= 4 is 11.8 Å². The molecule has 29 heavy (non-hydrogen) atoms. The van der Waals surface area contributed by atoms with Gasteiger partial charge in [-0.15, -0.1) is 0 Å². The Balaban J connectivity index is 1.41.